The monoisotopic (exact) mass is 162 g/mol. The fraction of sp³-hybridized carbons (Fsp3) is 0.833. The maximum atomic E-state index is 2.39. The zero-order valence-electron chi connectivity index (χ0n) is 8.14. The molecule has 2 saturated carbocycles. The summed E-state index contributed by atoms with van der Waals surface area (Å²) in [5.41, 5.74) is 3.49. The second-order valence-electron chi connectivity index (χ2n) is 5.19. The molecule has 4 atom stereocenters. The smallest absolute Gasteiger partial charge is 0.0141 e. The summed E-state index contributed by atoms with van der Waals surface area (Å²) in [6.45, 7) is 4.74. The van der Waals surface area contributed by atoms with Crippen LogP contribution < -0.4 is 0 Å². The highest BCUT2D eigenvalue weighted by atomic mass is 14.5. The molecule has 0 heteroatoms. The first-order valence-electron chi connectivity index (χ1n) is 5.43. The molecule has 0 aromatic rings. The molecule has 2 fully saturated rings. The van der Waals surface area contributed by atoms with Crippen LogP contribution in [0.15, 0.2) is 11.1 Å². The molecule has 2 bridgehead atoms. The van der Waals surface area contributed by atoms with Crippen LogP contribution in [-0.4, -0.2) is 0 Å². The fourth-order valence-electron chi connectivity index (χ4n) is 4.18. The predicted octanol–water partition coefficient (Wildman–Crippen LogP) is 3.39. The second kappa shape index (κ2) is 2.16. The van der Waals surface area contributed by atoms with Gasteiger partial charge in [0.15, 0.2) is 0 Å². The van der Waals surface area contributed by atoms with E-state index in [4.69, 9.17) is 0 Å². The molecule has 3 aliphatic rings. The third-order valence-electron chi connectivity index (χ3n) is 4.80. The van der Waals surface area contributed by atoms with Crippen molar-refractivity contribution in [2.24, 2.45) is 23.7 Å². The van der Waals surface area contributed by atoms with E-state index in [1.807, 2.05) is 0 Å². The summed E-state index contributed by atoms with van der Waals surface area (Å²) in [5.74, 6) is 4.33. The van der Waals surface area contributed by atoms with Crippen LogP contribution in [0.3, 0.4) is 0 Å². The highest BCUT2D eigenvalue weighted by Gasteiger charge is 2.50. The Labute approximate surface area is 75.0 Å². The van der Waals surface area contributed by atoms with Gasteiger partial charge >= 0.3 is 0 Å². The Hall–Kier alpha value is -0.260. The molecule has 0 heterocycles. The number of hydrogen-bond donors (Lipinski definition) is 0. The summed E-state index contributed by atoms with van der Waals surface area (Å²) in [7, 11) is 0. The molecular formula is C12H18. The topological polar surface area (TPSA) is 0 Å². The van der Waals surface area contributed by atoms with Gasteiger partial charge in [-0.1, -0.05) is 11.1 Å². The van der Waals surface area contributed by atoms with E-state index < -0.39 is 0 Å². The van der Waals surface area contributed by atoms with Gasteiger partial charge in [-0.15, -0.1) is 0 Å². The SMILES string of the molecule is CC1=C(C)C2C3CCC(C3)C2C1. The summed E-state index contributed by atoms with van der Waals surface area (Å²) < 4.78 is 0. The van der Waals surface area contributed by atoms with Crippen LogP contribution in [0, 0.1) is 23.7 Å². The van der Waals surface area contributed by atoms with Crippen LogP contribution in [0.5, 0.6) is 0 Å². The lowest BCUT2D eigenvalue weighted by molar-refractivity contribution is 0.275. The standard InChI is InChI=1S/C12H18/c1-7-5-11-9-3-4-10(6-9)12(11)8(7)2/h9-12H,3-6H2,1-2H3. The molecule has 0 aromatic carbocycles. The number of hydrogen-bond acceptors (Lipinski definition) is 0. The highest BCUT2D eigenvalue weighted by Crippen LogP contribution is 2.60. The predicted molar refractivity (Wildman–Crippen MR) is 50.8 cm³/mol. The third-order valence-corrected chi connectivity index (χ3v) is 4.80. The average Bonchev–Trinajstić information content (AvgIpc) is 2.66. The fourth-order valence-corrected chi connectivity index (χ4v) is 4.18. The Morgan fingerprint density at radius 3 is 2.58 bits per heavy atom. The van der Waals surface area contributed by atoms with E-state index in [0.717, 1.165) is 23.7 Å². The van der Waals surface area contributed by atoms with Crippen LogP contribution in [-0.2, 0) is 0 Å². The van der Waals surface area contributed by atoms with Gasteiger partial charge in [0.2, 0.25) is 0 Å². The molecule has 3 aliphatic carbocycles. The minimum absolute atomic E-state index is 1.03. The minimum atomic E-state index is 1.03. The number of fused-ring (bicyclic) bond motifs is 5. The molecule has 0 spiro atoms. The van der Waals surface area contributed by atoms with Crippen molar-refractivity contribution < 1.29 is 0 Å². The molecule has 0 radical (unpaired) electrons. The molecular weight excluding hydrogens is 144 g/mol. The van der Waals surface area contributed by atoms with Gasteiger partial charge in [-0.05, 0) is 63.2 Å². The van der Waals surface area contributed by atoms with Crippen molar-refractivity contribution >= 4 is 0 Å². The first kappa shape index (κ1) is 7.17. The van der Waals surface area contributed by atoms with Gasteiger partial charge in [-0.2, -0.15) is 0 Å². The summed E-state index contributed by atoms with van der Waals surface area (Å²) in [4.78, 5) is 0. The van der Waals surface area contributed by atoms with Crippen LogP contribution in [0.2, 0.25) is 0 Å². The Morgan fingerprint density at radius 1 is 1.08 bits per heavy atom. The van der Waals surface area contributed by atoms with Gasteiger partial charge in [-0.3, -0.25) is 0 Å². The first-order chi connectivity index (χ1) is 5.77. The van der Waals surface area contributed by atoms with Crippen molar-refractivity contribution in [1.29, 1.82) is 0 Å². The maximum Gasteiger partial charge on any atom is -0.0141 e. The van der Waals surface area contributed by atoms with Crippen molar-refractivity contribution in [2.75, 3.05) is 0 Å². The summed E-state index contributed by atoms with van der Waals surface area (Å²) in [5, 5.41) is 0. The van der Waals surface area contributed by atoms with Gasteiger partial charge < -0.3 is 0 Å². The molecule has 0 amide bonds. The molecule has 0 nitrogen and oxygen atoms in total. The lowest BCUT2D eigenvalue weighted by Crippen LogP contribution is -2.18. The van der Waals surface area contributed by atoms with E-state index in [1.54, 1.807) is 24.0 Å². The second-order valence-corrected chi connectivity index (χ2v) is 5.19. The van der Waals surface area contributed by atoms with Gasteiger partial charge in [0.25, 0.3) is 0 Å². The van der Waals surface area contributed by atoms with E-state index in [-0.39, 0.29) is 0 Å². The highest BCUT2D eigenvalue weighted by molar-refractivity contribution is 5.26. The van der Waals surface area contributed by atoms with E-state index in [2.05, 4.69) is 13.8 Å². The molecule has 4 unspecified atom stereocenters. The minimum Gasteiger partial charge on any atom is -0.0738 e. The summed E-state index contributed by atoms with van der Waals surface area (Å²) in [6.07, 6.45) is 6.10. The maximum absolute atomic E-state index is 2.39. The zero-order chi connectivity index (χ0) is 8.29. The van der Waals surface area contributed by atoms with Crippen molar-refractivity contribution in [3.05, 3.63) is 11.1 Å². The first-order valence-corrected chi connectivity index (χ1v) is 5.43. The van der Waals surface area contributed by atoms with Gasteiger partial charge in [0, 0.05) is 0 Å². The average molecular weight is 162 g/mol. The molecule has 0 aliphatic heterocycles. The third kappa shape index (κ3) is 0.694. The van der Waals surface area contributed by atoms with Crippen LogP contribution >= 0.6 is 0 Å². The van der Waals surface area contributed by atoms with Crippen LogP contribution in [0.25, 0.3) is 0 Å². The lowest BCUT2D eigenvalue weighted by atomic mass is 9.79. The Kier molecular flexibility index (Phi) is 1.29. The zero-order valence-corrected chi connectivity index (χ0v) is 8.14. The van der Waals surface area contributed by atoms with E-state index in [0.29, 0.717) is 0 Å². The Balaban J connectivity index is 1.98. The van der Waals surface area contributed by atoms with Gasteiger partial charge in [0.1, 0.15) is 0 Å². The van der Waals surface area contributed by atoms with Gasteiger partial charge in [-0.25, -0.2) is 0 Å². The van der Waals surface area contributed by atoms with Crippen molar-refractivity contribution in [1.82, 2.24) is 0 Å². The van der Waals surface area contributed by atoms with E-state index in [1.165, 1.54) is 12.8 Å². The molecule has 0 saturated heterocycles. The molecule has 66 valence electrons. The molecule has 12 heavy (non-hydrogen) atoms. The Bertz CT molecular complexity index is 249. The largest absolute Gasteiger partial charge is 0.0738 e. The molecule has 0 aromatic heterocycles. The quantitative estimate of drug-likeness (QED) is 0.479. The van der Waals surface area contributed by atoms with Gasteiger partial charge in [0.05, 0.1) is 0 Å². The van der Waals surface area contributed by atoms with Crippen molar-refractivity contribution in [3.63, 3.8) is 0 Å². The number of rotatable bonds is 0. The van der Waals surface area contributed by atoms with E-state index in [9.17, 15) is 0 Å². The van der Waals surface area contributed by atoms with Crippen molar-refractivity contribution in [3.8, 4) is 0 Å². The molecule has 0 N–H and O–H groups in total. The Morgan fingerprint density at radius 2 is 1.83 bits per heavy atom. The normalized spacial score (nSPS) is 50.5. The van der Waals surface area contributed by atoms with E-state index >= 15 is 0 Å². The lowest BCUT2D eigenvalue weighted by Gasteiger charge is -2.25. The summed E-state index contributed by atoms with van der Waals surface area (Å²) in [6, 6.07) is 0. The molecule has 3 rings (SSSR count). The van der Waals surface area contributed by atoms with Crippen molar-refractivity contribution in [2.45, 2.75) is 39.5 Å². The van der Waals surface area contributed by atoms with Crippen LogP contribution in [0.1, 0.15) is 39.5 Å². The number of allylic oxidation sites excluding steroid dienone is 2. The van der Waals surface area contributed by atoms with Crippen LogP contribution in [0.4, 0.5) is 0 Å². The summed E-state index contributed by atoms with van der Waals surface area (Å²) >= 11 is 0.